The monoisotopic (exact) mass is 404 g/mol. The van der Waals surface area contributed by atoms with E-state index in [2.05, 4.69) is 52.1 Å². The highest BCUT2D eigenvalue weighted by atomic mass is 32.2. The number of aryl methyl sites for hydroxylation is 2. The molecule has 2 heterocycles. The Morgan fingerprint density at radius 1 is 1.39 bits per heavy atom. The van der Waals surface area contributed by atoms with E-state index in [1.807, 2.05) is 0 Å². The number of carbonyl (C=O) groups excluding carboxylic acids is 1. The third-order valence-electron chi connectivity index (χ3n) is 4.65. The van der Waals surface area contributed by atoms with Crippen molar-refractivity contribution in [2.24, 2.45) is 0 Å². The van der Waals surface area contributed by atoms with Crippen molar-refractivity contribution in [3.8, 4) is 0 Å². The third-order valence-corrected chi connectivity index (χ3v) is 5.59. The molecule has 1 unspecified atom stereocenters. The summed E-state index contributed by atoms with van der Waals surface area (Å²) in [5.41, 5.74) is 3.52. The van der Waals surface area contributed by atoms with Crippen molar-refractivity contribution in [2.75, 3.05) is 24.3 Å². The molecule has 1 fully saturated rings. The fourth-order valence-electron chi connectivity index (χ4n) is 3.24. The average Bonchev–Trinajstić information content (AvgIpc) is 3.30. The van der Waals surface area contributed by atoms with Crippen molar-refractivity contribution in [1.29, 1.82) is 0 Å². The molecule has 3 rings (SSSR count). The summed E-state index contributed by atoms with van der Waals surface area (Å²) in [4.78, 5) is 11.7. The first kappa shape index (κ1) is 20.7. The Morgan fingerprint density at radius 2 is 2.25 bits per heavy atom. The van der Waals surface area contributed by atoms with E-state index in [-0.39, 0.29) is 17.8 Å². The molecule has 0 spiro atoms. The first-order chi connectivity index (χ1) is 13.6. The average molecular weight is 405 g/mol. The van der Waals surface area contributed by atoms with Gasteiger partial charge in [0.25, 0.3) is 0 Å². The molecule has 1 aromatic carbocycles. The fraction of sp³-hybridized carbons (Fsp3) is 0.550. The second kappa shape index (κ2) is 9.93. The van der Waals surface area contributed by atoms with Gasteiger partial charge >= 0.3 is 5.97 Å². The number of aromatic nitrogens is 3. The lowest BCUT2D eigenvalue weighted by atomic mass is 10.1. The standard InChI is InChI=1S/C20H28N4O3S/c1-4-26-19(25)13-28-20-23-22-18(24(20)12-16-6-5-9-27-16)11-21-17-8-7-14(2)10-15(17)3/h7-8,10,16,21H,4-6,9,11-13H2,1-3H3. The number of hydrogen-bond acceptors (Lipinski definition) is 7. The van der Waals surface area contributed by atoms with Crippen molar-refractivity contribution in [2.45, 2.75) is 58.0 Å². The number of anilines is 1. The highest BCUT2D eigenvalue weighted by molar-refractivity contribution is 7.99. The zero-order chi connectivity index (χ0) is 19.9. The van der Waals surface area contributed by atoms with Gasteiger partial charge in [-0.3, -0.25) is 4.79 Å². The zero-order valence-corrected chi connectivity index (χ0v) is 17.6. The maximum Gasteiger partial charge on any atom is 0.316 e. The van der Waals surface area contributed by atoms with Gasteiger partial charge in [-0.25, -0.2) is 0 Å². The smallest absolute Gasteiger partial charge is 0.316 e. The summed E-state index contributed by atoms with van der Waals surface area (Å²) in [6.45, 7) is 8.42. The molecule has 0 radical (unpaired) electrons. The number of rotatable bonds is 9. The minimum atomic E-state index is -0.242. The second-order valence-corrected chi connectivity index (χ2v) is 7.85. The van der Waals surface area contributed by atoms with Crippen LogP contribution in [0.25, 0.3) is 0 Å². The van der Waals surface area contributed by atoms with Gasteiger partial charge in [0.05, 0.1) is 31.6 Å². The van der Waals surface area contributed by atoms with E-state index in [0.717, 1.165) is 36.1 Å². The first-order valence-corrected chi connectivity index (χ1v) is 10.7. The van der Waals surface area contributed by atoms with Crippen LogP contribution in [0.3, 0.4) is 0 Å². The largest absolute Gasteiger partial charge is 0.465 e. The lowest BCUT2D eigenvalue weighted by Crippen LogP contribution is -2.19. The molecule has 2 aromatic rings. The molecule has 0 bridgehead atoms. The van der Waals surface area contributed by atoms with Crippen LogP contribution in [0.4, 0.5) is 5.69 Å². The quantitative estimate of drug-likeness (QED) is 0.507. The molecule has 8 heteroatoms. The van der Waals surface area contributed by atoms with Crippen LogP contribution in [-0.4, -0.2) is 45.8 Å². The van der Waals surface area contributed by atoms with Gasteiger partial charge in [0.1, 0.15) is 0 Å². The molecule has 7 nitrogen and oxygen atoms in total. The van der Waals surface area contributed by atoms with Crippen LogP contribution in [0.1, 0.15) is 36.7 Å². The zero-order valence-electron chi connectivity index (χ0n) is 16.7. The second-order valence-electron chi connectivity index (χ2n) is 6.91. The van der Waals surface area contributed by atoms with Gasteiger partial charge < -0.3 is 19.4 Å². The van der Waals surface area contributed by atoms with Gasteiger partial charge in [0.2, 0.25) is 0 Å². The maximum absolute atomic E-state index is 11.7. The summed E-state index contributed by atoms with van der Waals surface area (Å²) >= 11 is 1.36. The number of nitrogens with zero attached hydrogens (tertiary/aromatic N) is 3. The van der Waals surface area contributed by atoms with Gasteiger partial charge in [0.15, 0.2) is 11.0 Å². The fourth-order valence-corrected chi connectivity index (χ4v) is 4.01. The van der Waals surface area contributed by atoms with Crippen LogP contribution in [0.2, 0.25) is 0 Å². The molecule has 1 N–H and O–H groups in total. The van der Waals surface area contributed by atoms with Crippen LogP contribution in [-0.2, 0) is 27.4 Å². The van der Waals surface area contributed by atoms with Crippen LogP contribution >= 0.6 is 11.8 Å². The highest BCUT2D eigenvalue weighted by Crippen LogP contribution is 2.23. The lowest BCUT2D eigenvalue weighted by Gasteiger charge is -2.15. The SMILES string of the molecule is CCOC(=O)CSc1nnc(CNc2ccc(C)cc2C)n1CC1CCCO1. The molecule has 1 aromatic heterocycles. The summed E-state index contributed by atoms with van der Waals surface area (Å²) in [5.74, 6) is 0.818. The van der Waals surface area contributed by atoms with E-state index in [1.165, 1.54) is 22.9 Å². The predicted octanol–water partition coefficient (Wildman–Crippen LogP) is 3.34. The Hall–Kier alpha value is -2.06. The molecule has 1 aliphatic heterocycles. The Bertz CT molecular complexity index is 803. The molecule has 0 saturated carbocycles. The Labute approximate surface area is 170 Å². The molecule has 152 valence electrons. The minimum absolute atomic E-state index is 0.165. The van der Waals surface area contributed by atoms with E-state index in [1.54, 1.807) is 6.92 Å². The molecule has 0 amide bonds. The van der Waals surface area contributed by atoms with Crippen LogP contribution in [0.5, 0.6) is 0 Å². The first-order valence-electron chi connectivity index (χ1n) is 9.70. The third kappa shape index (κ3) is 5.48. The van der Waals surface area contributed by atoms with Crippen molar-refractivity contribution < 1.29 is 14.3 Å². The van der Waals surface area contributed by atoms with Crippen molar-refractivity contribution in [1.82, 2.24) is 14.8 Å². The molecule has 0 aliphatic carbocycles. The molecule has 1 atom stereocenters. The summed E-state index contributed by atoms with van der Waals surface area (Å²) in [6.07, 6.45) is 2.27. The summed E-state index contributed by atoms with van der Waals surface area (Å²) in [6, 6.07) is 6.33. The van der Waals surface area contributed by atoms with Crippen LogP contribution in [0.15, 0.2) is 23.4 Å². The van der Waals surface area contributed by atoms with E-state index in [4.69, 9.17) is 9.47 Å². The number of ether oxygens (including phenoxy) is 2. The van der Waals surface area contributed by atoms with Crippen molar-refractivity contribution in [3.05, 3.63) is 35.2 Å². The topological polar surface area (TPSA) is 78.3 Å². The molecule has 1 aliphatic rings. The summed E-state index contributed by atoms with van der Waals surface area (Å²) in [7, 11) is 0. The van der Waals surface area contributed by atoms with Gasteiger partial charge in [-0.2, -0.15) is 0 Å². The van der Waals surface area contributed by atoms with Crippen molar-refractivity contribution in [3.63, 3.8) is 0 Å². The normalized spacial score (nSPS) is 16.3. The van der Waals surface area contributed by atoms with Gasteiger partial charge in [-0.15, -0.1) is 10.2 Å². The summed E-state index contributed by atoms with van der Waals surface area (Å²) in [5, 5.41) is 12.9. The molecule has 28 heavy (non-hydrogen) atoms. The van der Waals surface area contributed by atoms with Crippen LogP contribution in [0, 0.1) is 13.8 Å². The van der Waals surface area contributed by atoms with Crippen molar-refractivity contribution >= 4 is 23.4 Å². The van der Waals surface area contributed by atoms with E-state index in [0.29, 0.717) is 19.7 Å². The maximum atomic E-state index is 11.7. The Balaban J connectivity index is 1.72. The Kier molecular flexibility index (Phi) is 7.33. The summed E-state index contributed by atoms with van der Waals surface area (Å²) < 4.78 is 12.9. The van der Waals surface area contributed by atoms with E-state index < -0.39 is 0 Å². The number of thioether (sulfide) groups is 1. The van der Waals surface area contributed by atoms with E-state index in [9.17, 15) is 4.79 Å². The minimum Gasteiger partial charge on any atom is -0.465 e. The number of hydrogen-bond donors (Lipinski definition) is 1. The Morgan fingerprint density at radius 3 is 2.96 bits per heavy atom. The molecule has 1 saturated heterocycles. The predicted molar refractivity (Wildman–Crippen MR) is 110 cm³/mol. The molecular weight excluding hydrogens is 376 g/mol. The van der Waals surface area contributed by atoms with Gasteiger partial charge in [-0.1, -0.05) is 29.5 Å². The van der Waals surface area contributed by atoms with Gasteiger partial charge in [0, 0.05) is 12.3 Å². The molecular formula is C20H28N4O3S. The van der Waals surface area contributed by atoms with Crippen LogP contribution < -0.4 is 5.32 Å². The number of esters is 1. The highest BCUT2D eigenvalue weighted by Gasteiger charge is 2.21. The number of nitrogens with one attached hydrogen (secondary N) is 1. The van der Waals surface area contributed by atoms with E-state index >= 15 is 0 Å². The van der Waals surface area contributed by atoms with Gasteiger partial charge in [-0.05, 0) is 45.2 Å². The number of benzene rings is 1. The lowest BCUT2D eigenvalue weighted by molar-refractivity contribution is -0.139. The number of carbonyl (C=O) groups is 1.